The minimum atomic E-state index is -0.872. The fraction of sp³-hybridized carbons (Fsp3) is 0.500. The number of nitrogens with zero attached hydrogens (tertiary/aromatic N) is 2. The molecule has 1 aromatic heterocycles. The summed E-state index contributed by atoms with van der Waals surface area (Å²) in [6, 6.07) is 2.23. The molecule has 98 valence electrons. The zero-order valence-electron chi connectivity index (χ0n) is 9.44. The maximum absolute atomic E-state index is 11.1. The summed E-state index contributed by atoms with van der Waals surface area (Å²) in [6.07, 6.45) is 0. The summed E-state index contributed by atoms with van der Waals surface area (Å²) >= 11 is 1.59. The third-order valence-corrected chi connectivity index (χ3v) is 3.73. The molecule has 0 saturated carbocycles. The van der Waals surface area contributed by atoms with Crippen molar-refractivity contribution in [3.63, 3.8) is 0 Å². The number of nitro groups is 1. The zero-order valence-corrected chi connectivity index (χ0v) is 10.3. The van der Waals surface area contributed by atoms with Crippen LogP contribution in [0.4, 0.5) is 5.88 Å². The predicted octanol–water partition coefficient (Wildman–Crippen LogP) is 1.19. The monoisotopic (exact) mass is 272 g/mol. The van der Waals surface area contributed by atoms with E-state index in [0.717, 1.165) is 5.75 Å². The van der Waals surface area contributed by atoms with Crippen molar-refractivity contribution in [1.82, 2.24) is 4.90 Å². The van der Waals surface area contributed by atoms with E-state index in [-0.39, 0.29) is 12.4 Å². The van der Waals surface area contributed by atoms with Crippen molar-refractivity contribution in [3.05, 3.63) is 28.0 Å². The molecule has 0 radical (unpaired) electrons. The van der Waals surface area contributed by atoms with Gasteiger partial charge < -0.3 is 9.52 Å². The molecule has 0 bridgehead atoms. The van der Waals surface area contributed by atoms with Crippen molar-refractivity contribution in [3.8, 4) is 0 Å². The van der Waals surface area contributed by atoms with E-state index in [1.807, 2.05) is 0 Å². The van der Waals surface area contributed by atoms with E-state index in [0.29, 0.717) is 18.1 Å². The molecule has 1 saturated heterocycles. The fourth-order valence-electron chi connectivity index (χ4n) is 1.80. The Balaban J connectivity index is 2.06. The second kappa shape index (κ2) is 5.40. The number of hydrogen-bond donors (Lipinski definition) is 1. The van der Waals surface area contributed by atoms with E-state index in [1.54, 1.807) is 16.7 Å². The first kappa shape index (κ1) is 12.9. The molecule has 1 atom stereocenters. The largest absolute Gasteiger partial charge is 0.480 e. The highest BCUT2D eigenvalue weighted by atomic mass is 32.2. The first-order chi connectivity index (χ1) is 8.58. The van der Waals surface area contributed by atoms with Gasteiger partial charge in [-0.05, 0) is 6.07 Å². The average molecular weight is 272 g/mol. The quantitative estimate of drug-likeness (QED) is 0.649. The molecule has 0 aliphatic carbocycles. The van der Waals surface area contributed by atoms with Gasteiger partial charge in [-0.2, -0.15) is 11.8 Å². The summed E-state index contributed by atoms with van der Waals surface area (Å²) in [5, 5.41) is 19.6. The Bertz CT molecular complexity index is 461. The highest BCUT2D eigenvalue weighted by Crippen LogP contribution is 2.22. The Morgan fingerprint density at radius 3 is 3.06 bits per heavy atom. The van der Waals surface area contributed by atoms with Gasteiger partial charge in [0, 0.05) is 18.1 Å². The van der Waals surface area contributed by atoms with Crippen LogP contribution in [0, 0.1) is 10.1 Å². The van der Waals surface area contributed by atoms with Gasteiger partial charge in [-0.1, -0.05) is 0 Å². The molecular formula is C10H12N2O5S. The van der Waals surface area contributed by atoms with Crippen LogP contribution in [0.1, 0.15) is 5.76 Å². The van der Waals surface area contributed by atoms with E-state index >= 15 is 0 Å². The third kappa shape index (κ3) is 2.82. The van der Waals surface area contributed by atoms with Crippen LogP contribution in [-0.4, -0.2) is 45.0 Å². The molecule has 7 nitrogen and oxygen atoms in total. The van der Waals surface area contributed by atoms with Crippen LogP contribution in [0.2, 0.25) is 0 Å². The maximum Gasteiger partial charge on any atom is 0.433 e. The molecule has 8 heteroatoms. The number of rotatable bonds is 4. The summed E-state index contributed by atoms with van der Waals surface area (Å²) in [7, 11) is 0. The number of furan rings is 1. The first-order valence-corrected chi connectivity index (χ1v) is 6.51. The molecule has 2 heterocycles. The van der Waals surface area contributed by atoms with E-state index in [4.69, 9.17) is 9.52 Å². The van der Waals surface area contributed by atoms with Crippen LogP contribution < -0.4 is 0 Å². The predicted molar refractivity (Wildman–Crippen MR) is 64.5 cm³/mol. The number of thioether (sulfide) groups is 1. The van der Waals surface area contributed by atoms with E-state index in [9.17, 15) is 14.9 Å². The molecule has 1 aromatic rings. The zero-order chi connectivity index (χ0) is 13.1. The summed E-state index contributed by atoms with van der Waals surface area (Å²) in [6.45, 7) is 0.918. The maximum atomic E-state index is 11.1. The second-order valence-corrected chi connectivity index (χ2v) is 5.05. The van der Waals surface area contributed by atoms with Crippen molar-refractivity contribution in [2.75, 3.05) is 18.1 Å². The van der Waals surface area contributed by atoms with Gasteiger partial charge in [0.1, 0.15) is 16.7 Å². The molecule has 18 heavy (non-hydrogen) atoms. The van der Waals surface area contributed by atoms with Gasteiger partial charge in [0.05, 0.1) is 12.6 Å². The van der Waals surface area contributed by atoms with Gasteiger partial charge >= 0.3 is 11.9 Å². The molecule has 1 fully saturated rings. The molecule has 0 aromatic carbocycles. The lowest BCUT2D eigenvalue weighted by Gasteiger charge is -2.31. The highest BCUT2D eigenvalue weighted by molar-refractivity contribution is 7.99. The summed E-state index contributed by atoms with van der Waals surface area (Å²) in [4.78, 5) is 22.7. The normalized spacial score (nSPS) is 20.8. The number of carbonyl (C=O) groups is 1. The first-order valence-electron chi connectivity index (χ1n) is 5.35. The van der Waals surface area contributed by atoms with Gasteiger partial charge in [0.2, 0.25) is 0 Å². The fourth-order valence-corrected chi connectivity index (χ4v) is 2.91. The highest BCUT2D eigenvalue weighted by Gasteiger charge is 2.29. The lowest BCUT2D eigenvalue weighted by Crippen LogP contribution is -2.46. The van der Waals surface area contributed by atoms with Gasteiger partial charge in [-0.25, -0.2) is 0 Å². The van der Waals surface area contributed by atoms with Crippen molar-refractivity contribution in [1.29, 1.82) is 0 Å². The van der Waals surface area contributed by atoms with Gasteiger partial charge in [0.25, 0.3) is 0 Å². The minimum Gasteiger partial charge on any atom is -0.480 e. The lowest BCUT2D eigenvalue weighted by molar-refractivity contribution is -0.402. The number of carboxylic acids is 1. The van der Waals surface area contributed by atoms with Crippen molar-refractivity contribution in [2.45, 2.75) is 12.6 Å². The van der Waals surface area contributed by atoms with E-state index in [1.165, 1.54) is 12.1 Å². The van der Waals surface area contributed by atoms with Crippen molar-refractivity contribution >= 4 is 23.6 Å². The Labute approximate surface area is 107 Å². The lowest BCUT2D eigenvalue weighted by atomic mass is 10.2. The summed E-state index contributed by atoms with van der Waals surface area (Å²) in [5.74, 6) is 0.608. The summed E-state index contributed by atoms with van der Waals surface area (Å²) in [5.41, 5.74) is 0. The molecule has 0 amide bonds. The molecule has 1 N–H and O–H groups in total. The Morgan fingerprint density at radius 1 is 1.67 bits per heavy atom. The van der Waals surface area contributed by atoms with Crippen LogP contribution in [0.3, 0.4) is 0 Å². The van der Waals surface area contributed by atoms with Gasteiger partial charge in [-0.15, -0.1) is 0 Å². The van der Waals surface area contributed by atoms with Crippen molar-refractivity contribution in [2.24, 2.45) is 0 Å². The van der Waals surface area contributed by atoms with Crippen LogP contribution >= 0.6 is 11.8 Å². The minimum absolute atomic E-state index is 0.283. The second-order valence-electron chi connectivity index (χ2n) is 3.90. The van der Waals surface area contributed by atoms with Crippen LogP contribution in [0.15, 0.2) is 16.5 Å². The van der Waals surface area contributed by atoms with E-state index < -0.39 is 16.9 Å². The Morgan fingerprint density at radius 2 is 2.44 bits per heavy atom. The Kier molecular flexibility index (Phi) is 3.87. The molecule has 2 rings (SSSR count). The number of aliphatic carboxylic acids is 1. The van der Waals surface area contributed by atoms with Crippen LogP contribution in [0.25, 0.3) is 0 Å². The molecular weight excluding hydrogens is 260 g/mol. The molecule has 0 spiro atoms. The third-order valence-electron chi connectivity index (χ3n) is 2.71. The number of hydrogen-bond acceptors (Lipinski definition) is 6. The van der Waals surface area contributed by atoms with Gasteiger partial charge in [-0.3, -0.25) is 19.8 Å². The Hall–Kier alpha value is -1.54. The topological polar surface area (TPSA) is 96.8 Å². The van der Waals surface area contributed by atoms with Gasteiger partial charge in [0.15, 0.2) is 0 Å². The van der Waals surface area contributed by atoms with E-state index in [2.05, 4.69) is 0 Å². The SMILES string of the molecule is O=C(O)C1CSCCN1Cc1ccc([N+](=O)[O-])o1. The smallest absolute Gasteiger partial charge is 0.433 e. The average Bonchev–Trinajstić information content (AvgIpc) is 2.78. The molecule has 1 aliphatic rings. The molecule has 1 unspecified atom stereocenters. The van der Waals surface area contributed by atoms with Crippen LogP contribution in [0.5, 0.6) is 0 Å². The number of carboxylic acid groups (broad SMARTS) is 1. The summed E-state index contributed by atoms with van der Waals surface area (Å²) < 4.78 is 5.04. The standard InChI is InChI=1S/C10H12N2O5S/c13-10(14)8-6-18-4-3-11(8)5-7-1-2-9(17-7)12(15)16/h1-2,8H,3-6H2,(H,13,14). The van der Waals surface area contributed by atoms with Crippen molar-refractivity contribution < 1.29 is 19.2 Å². The van der Waals surface area contributed by atoms with Crippen LogP contribution in [-0.2, 0) is 11.3 Å². The molecule has 1 aliphatic heterocycles.